The van der Waals surface area contributed by atoms with Crippen LogP contribution >= 0.6 is 0 Å². The molecule has 0 aliphatic heterocycles. The minimum atomic E-state index is 0.804. The van der Waals surface area contributed by atoms with Crippen molar-refractivity contribution in [2.45, 2.75) is 20.8 Å². The van der Waals surface area contributed by atoms with E-state index in [2.05, 4.69) is 44.7 Å². The second kappa shape index (κ2) is 6.95. The van der Waals surface area contributed by atoms with Gasteiger partial charge in [0.05, 0.1) is 0 Å². The van der Waals surface area contributed by atoms with Crippen LogP contribution in [0.4, 0.5) is 0 Å². The summed E-state index contributed by atoms with van der Waals surface area (Å²) in [6.07, 6.45) is 0. The molecule has 0 unspecified atom stereocenters. The van der Waals surface area contributed by atoms with Gasteiger partial charge in [-0.1, -0.05) is 72.8 Å². The highest BCUT2D eigenvalue weighted by Gasteiger charge is 2.12. The molecule has 0 fully saturated rings. The van der Waals surface area contributed by atoms with Crippen LogP contribution in [0, 0.1) is 0 Å². The van der Waals surface area contributed by atoms with E-state index in [9.17, 15) is 0 Å². The van der Waals surface area contributed by atoms with Crippen molar-refractivity contribution in [1.82, 2.24) is 0 Å². The third-order valence-electron chi connectivity index (χ3n) is 4.00. The highest BCUT2D eigenvalue weighted by atomic mass is 14.6. The van der Waals surface area contributed by atoms with Crippen LogP contribution in [0.3, 0.4) is 0 Å². The molecule has 1 nitrogen and oxygen atoms in total. The van der Waals surface area contributed by atoms with E-state index in [1.807, 2.05) is 43.3 Å². The number of nitrogens with two attached hydrogens (primary N) is 1. The lowest BCUT2D eigenvalue weighted by atomic mass is 9.91. The maximum Gasteiger partial charge on any atom is 0.0432 e. The van der Waals surface area contributed by atoms with Crippen molar-refractivity contribution >= 4 is 5.57 Å². The highest BCUT2D eigenvalue weighted by molar-refractivity contribution is 5.84. The SMILES string of the molecule is C=C(C)C(C)=C(C)C(N)=C(c1ccccc1)c1ccccc1. The summed E-state index contributed by atoms with van der Waals surface area (Å²) < 4.78 is 0. The maximum atomic E-state index is 6.54. The lowest BCUT2D eigenvalue weighted by Crippen LogP contribution is -2.07. The summed E-state index contributed by atoms with van der Waals surface area (Å²) in [6, 6.07) is 20.6. The molecule has 0 saturated carbocycles. The lowest BCUT2D eigenvalue weighted by Gasteiger charge is -2.16. The van der Waals surface area contributed by atoms with E-state index in [-0.39, 0.29) is 0 Å². The van der Waals surface area contributed by atoms with Crippen molar-refractivity contribution in [3.63, 3.8) is 0 Å². The summed E-state index contributed by atoms with van der Waals surface area (Å²) in [5, 5.41) is 0. The summed E-state index contributed by atoms with van der Waals surface area (Å²) in [5.74, 6) is 0. The average Bonchev–Trinajstić information content (AvgIpc) is 2.55. The fraction of sp³-hybridized carbons (Fsp3) is 0.143. The van der Waals surface area contributed by atoms with Gasteiger partial charge in [-0.2, -0.15) is 0 Å². The Morgan fingerprint density at radius 2 is 1.14 bits per heavy atom. The topological polar surface area (TPSA) is 26.0 Å². The zero-order chi connectivity index (χ0) is 16.1. The number of hydrogen-bond donors (Lipinski definition) is 1. The van der Waals surface area contributed by atoms with Gasteiger partial charge in [0.25, 0.3) is 0 Å². The van der Waals surface area contributed by atoms with Crippen LogP contribution in [0.1, 0.15) is 31.9 Å². The first-order valence-corrected chi connectivity index (χ1v) is 7.46. The van der Waals surface area contributed by atoms with Crippen molar-refractivity contribution in [1.29, 1.82) is 0 Å². The molecule has 2 N–H and O–H groups in total. The van der Waals surface area contributed by atoms with Gasteiger partial charge in [-0.3, -0.25) is 0 Å². The van der Waals surface area contributed by atoms with Gasteiger partial charge >= 0.3 is 0 Å². The Bertz CT molecular complexity index is 678. The van der Waals surface area contributed by atoms with Gasteiger partial charge in [-0.25, -0.2) is 0 Å². The molecule has 0 amide bonds. The van der Waals surface area contributed by atoms with Crippen molar-refractivity contribution in [2.75, 3.05) is 0 Å². The summed E-state index contributed by atoms with van der Waals surface area (Å²) in [7, 11) is 0. The van der Waals surface area contributed by atoms with Crippen molar-refractivity contribution in [3.05, 3.63) is 101 Å². The first-order chi connectivity index (χ1) is 10.5. The number of benzene rings is 2. The van der Waals surface area contributed by atoms with Crippen LogP contribution in [0.2, 0.25) is 0 Å². The monoisotopic (exact) mass is 289 g/mol. The van der Waals surface area contributed by atoms with E-state index in [0.29, 0.717) is 0 Å². The Labute approximate surface area is 133 Å². The molecular formula is C21H23N. The molecule has 0 radical (unpaired) electrons. The molecule has 0 saturated heterocycles. The molecule has 1 heteroatoms. The zero-order valence-corrected chi connectivity index (χ0v) is 13.6. The van der Waals surface area contributed by atoms with E-state index in [0.717, 1.165) is 39.1 Å². The minimum absolute atomic E-state index is 0.804. The third-order valence-corrected chi connectivity index (χ3v) is 4.00. The van der Waals surface area contributed by atoms with Crippen LogP contribution in [-0.4, -0.2) is 0 Å². The quantitative estimate of drug-likeness (QED) is 0.758. The number of allylic oxidation sites excluding steroid dienone is 3. The molecule has 2 rings (SSSR count). The van der Waals surface area contributed by atoms with Crippen molar-refractivity contribution in [2.24, 2.45) is 5.73 Å². The van der Waals surface area contributed by atoms with E-state index >= 15 is 0 Å². The highest BCUT2D eigenvalue weighted by Crippen LogP contribution is 2.29. The van der Waals surface area contributed by atoms with Gasteiger partial charge in [0.1, 0.15) is 0 Å². The second-order valence-corrected chi connectivity index (χ2v) is 5.55. The smallest absolute Gasteiger partial charge is 0.0432 e. The lowest BCUT2D eigenvalue weighted by molar-refractivity contribution is 1.20. The minimum Gasteiger partial charge on any atom is -0.398 e. The van der Waals surface area contributed by atoms with Crippen molar-refractivity contribution in [3.8, 4) is 0 Å². The number of rotatable bonds is 4. The zero-order valence-electron chi connectivity index (χ0n) is 13.6. The Morgan fingerprint density at radius 1 is 0.727 bits per heavy atom. The number of hydrogen-bond acceptors (Lipinski definition) is 1. The summed E-state index contributed by atoms with van der Waals surface area (Å²) >= 11 is 0. The first kappa shape index (κ1) is 15.8. The predicted octanol–water partition coefficient (Wildman–Crippen LogP) is 5.32. The summed E-state index contributed by atoms with van der Waals surface area (Å²) in [4.78, 5) is 0. The van der Waals surface area contributed by atoms with Gasteiger partial charge in [0, 0.05) is 11.3 Å². The predicted molar refractivity (Wildman–Crippen MR) is 96.3 cm³/mol. The van der Waals surface area contributed by atoms with Crippen LogP contribution in [0.5, 0.6) is 0 Å². The molecule has 0 bridgehead atoms. The molecule has 0 aromatic heterocycles. The van der Waals surface area contributed by atoms with Crippen molar-refractivity contribution < 1.29 is 0 Å². The van der Waals surface area contributed by atoms with Gasteiger partial charge < -0.3 is 5.73 Å². The van der Waals surface area contributed by atoms with Gasteiger partial charge in [-0.05, 0) is 43.0 Å². The average molecular weight is 289 g/mol. The van der Waals surface area contributed by atoms with Crippen LogP contribution in [0.15, 0.2) is 89.7 Å². The van der Waals surface area contributed by atoms with Gasteiger partial charge in [0.15, 0.2) is 0 Å². The fourth-order valence-electron chi connectivity index (χ4n) is 2.40. The first-order valence-electron chi connectivity index (χ1n) is 7.46. The third kappa shape index (κ3) is 3.37. The molecule has 0 aliphatic carbocycles. The summed E-state index contributed by atoms with van der Waals surface area (Å²) in [6.45, 7) is 10.2. The Balaban J connectivity index is 2.72. The Kier molecular flexibility index (Phi) is 5.00. The molecular weight excluding hydrogens is 266 g/mol. The molecule has 22 heavy (non-hydrogen) atoms. The maximum absolute atomic E-state index is 6.54. The fourth-order valence-corrected chi connectivity index (χ4v) is 2.40. The van der Waals surface area contributed by atoms with Crippen LogP contribution in [0.25, 0.3) is 5.57 Å². The molecule has 0 spiro atoms. The van der Waals surface area contributed by atoms with E-state index in [1.54, 1.807) is 0 Å². The van der Waals surface area contributed by atoms with Gasteiger partial charge in [0.2, 0.25) is 0 Å². The molecule has 0 heterocycles. The molecule has 2 aromatic carbocycles. The summed E-state index contributed by atoms with van der Waals surface area (Å²) in [5.41, 5.74) is 13.9. The standard InChI is InChI=1S/C21H23N/c1-15(2)16(3)17(4)21(22)20(18-11-7-5-8-12-18)19-13-9-6-10-14-19/h5-14H,1,22H2,2-4H3. The molecule has 0 aliphatic rings. The van der Waals surface area contributed by atoms with Crippen LogP contribution < -0.4 is 5.73 Å². The Morgan fingerprint density at radius 3 is 1.50 bits per heavy atom. The molecule has 112 valence electrons. The normalized spacial score (nSPS) is 11.6. The Hall–Kier alpha value is -2.54. The van der Waals surface area contributed by atoms with Crippen LogP contribution in [-0.2, 0) is 0 Å². The second-order valence-electron chi connectivity index (χ2n) is 5.55. The van der Waals surface area contributed by atoms with E-state index < -0.39 is 0 Å². The van der Waals surface area contributed by atoms with Gasteiger partial charge in [-0.15, -0.1) is 0 Å². The molecule has 0 atom stereocenters. The van der Waals surface area contributed by atoms with E-state index in [1.165, 1.54) is 0 Å². The largest absolute Gasteiger partial charge is 0.398 e. The molecule has 2 aromatic rings. The van der Waals surface area contributed by atoms with E-state index in [4.69, 9.17) is 5.73 Å².